The first-order chi connectivity index (χ1) is 8.56. The molecule has 18 heavy (non-hydrogen) atoms. The molecule has 1 aliphatic rings. The molecule has 1 aromatic rings. The van der Waals surface area contributed by atoms with Crippen molar-refractivity contribution >= 4 is 29.2 Å². The molecule has 7 heteroatoms. The molecule has 1 fully saturated rings. The third-order valence-corrected chi connectivity index (χ3v) is 3.39. The van der Waals surface area contributed by atoms with E-state index in [2.05, 4.69) is 10.3 Å². The Morgan fingerprint density at radius 1 is 1.33 bits per heavy atom. The third kappa shape index (κ3) is 3.17. The molecule has 0 aromatic carbocycles. The van der Waals surface area contributed by atoms with E-state index < -0.39 is 6.03 Å². The van der Waals surface area contributed by atoms with E-state index in [1.165, 1.54) is 12.1 Å². The second kappa shape index (κ2) is 5.63. The first-order valence-corrected chi connectivity index (χ1v) is 6.44. The molecule has 2 N–H and O–H groups in total. The Morgan fingerprint density at radius 2 is 1.89 bits per heavy atom. The van der Waals surface area contributed by atoms with Crippen molar-refractivity contribution in [2.75, 3.05) is 0 Å². The number of carbonyl (C=O) groups excluding carboxylic acids is 1. The van der Waals surface area contributed by atoms with Gasteiger partial charge in [-0.15, -0.1) is 0 Å². The van der Waals surface area contributed by atoms with Gasteiger partial charge in [-0.1, -0.05) is 36.0 Å². The minimum atomic E-state index is -0.412. The van der Waals surface area contributed by atoms with Crippen molar-refractivity contribution in [3.63, 3.8) is 0 Å². The summed E-state index contributed by atoms with van der Waals surface area (Å²) in [5.41, 5.74) is 0. The molecule has 0 radical (unpaired) electrons. The van der Waals surface area contributed by atoms with Gasteiger partial charge in [0.2, 0.25) is 0 Å². The van der Waals surface area contributed by atoms with Crippen LogP contribution in [0.15, 0.2) is 17.1 Å². The average Bonchev–Trinajstić information content (AvgIpc) is 2.78. The zero-order valence-corrected chi connectivity index (χ0v) is 11.1. The summed E-state index contributed by atoms with van der Waals surface area (Å²) in [4.78, 5) is 15.5. The number of urea groups is 1. The lowest BCUT2D eigenvalue weighted by Crippen LogP contribution is -2.31. The van der Waals surface area contributed by atoms with Crippen LogP contribution in [0.25, 0.3) is 0 Å². The fourth-order valence-electron chi connectivity index (χ4n) is 1.97. The largest absolute Gasteiger partial charge is 0.426 e. The number of rotatable bonds is 1. The first kappa shape index (κ1) is 13.2. The van der Waals surface area contributed by atoms with E-state index in [0.29, 0.717) is 10.1 Å². The smallest absolute Gasteiger partial charge is 0.341 e. The number of amides is 2. The average molecular weight is 290 g/mol. The van der Waals surface area contributed by atoms with Crippen molar-refractivity contribution in [3.8, 4) is 0 Å². The van der Waals surface area contributed by atoms with Crippen LogP contribution in [0.5, 0.6) is 0 Å². The van der Waals surface area contributed by atoms with Crippen LogP contribution in [-0.4, -0.2) is 22.0 Å². The molecule has 5 nitrogen and oxygen atoms in total. The molecule has 1 aromatic heterocycles. The standard InChI is InChI=1S/C11H13Cl2N3O2/c12-9-5-8(6-10(13)16(9)18)15-11(17)14-7-3-1-2-4-7/h5-7,18H,1-4H2,(H,14,17). The van der Waals surface area contributed by atoms with Crippen molar-refractivity contribution in [2.45, 2.75) is 31.7 Å². The van der Waals surface area contributed by atoms with E-state index in [-0.39, 0.29) is 16.3 Å². The van der Waals surface area contributed by atoms with Gasteiger partial charge in [0.05, 0.1) is 5.36 Å². The van der Waals surface area contributed by atoms with Crippen molar-refractivity contribution in [1.82, 2.24) is 10.0 Å². The summed E-state index contributed by atoms with van der Waals surface area (Å²) in [6.07, 6.45) is 4.26. The SMILES string of the molecule is O=C(N=c1cc(Cl)n(O)c(Cl)c1)NC1CCCC1. The monoisotopic (exact) mass is 289 g/mol. The molecule has 0 saturated heterocycles. The highest BCUT2D eigenvalue weighted by molar-refractivity contribution is 6.32. The number of aromatic nitrogens is 1. The number of hydrogen-bond donors (Lipinski definition) is 2. The molecule has 0 bridgehead atoms. The molecule has 1 saturated carbocycles. The van der Waals surface area contributed by atoms with Gasteiger partial charge in [-0.25, -0.2) is 4.79 Å². The van der Waals surface area contributed by atoms with E-state index in [4.69, 9.17) is 23.2 Å². The van der Waals surface area contributed by atoms with Gasteiger partial charge >= 0.3 is 6.03 Å². The zero-order valence-electron chi connectivity index (χ0n) is 9.57. The highest BCUT2D eigenvalue weighted by Crippen LogP contribution is 2.17. The summed E-state index contributed by atoms with van der Waals surface area (Å²) in [6.45, 7) is 0. The van der Waals surface area contributed by atoms with Gasteiger partial charge in [-0.05, 0) is 12.8 Å². The highest BCUT2D eigenvalue weighted by atomic mass is 35.5. The molecule has 1 aliphatic carbocycles. The van der Waals surface area contributed by atoms with Crippen LogP contribution in [-0.2, 0) is 0 Å². The lowest BCUT2D eigenvalue weighted by Gasteiger charge is -2.08. The van der Waals surface area contributed by atoms with Crippen molar-refractivity contribution in [2.24, 2.45) is 4.99 Å². The number of halogens is 2. The summed E-state index contributed by atoms with van der Waals surface area (Å²) in [7, 11) is 0. The fourth-order valence-corrected chi connectivity index (χ4v) is 2.42. The van der Waals surface area contributed by atoms with E-state index in [9.17, 15) is 10.0 Å². The molecular formula is C11H13Cl2N3O2. The summed E-state index contributed by atoms with van der Waals surface area (Å²) in [5, 5.41) is 12.4. The zero-order chi connectivity index (χ0) is 13.1. The molecule has 0 spiro atoms. The number of pyridine rings is 1. The van der Waals surface area contributed by atoms with Gasteiger partial charge < -0.3 is 10.5 Å². The number of nitrogens with one attached hydrogen (secondary N) is 1. The van der Waals surface area contributed by atoms with E-state index in [0.717, 1.165) is 25.7 Å². The summed E-state index contributed by atoms with van der Waals surface area (Å²) >= 11 is 11.4. The predicted molar refractivity (Wildman–Crippen MR) is 68.0 cm³/mol. The van der Waals surface area contributed by atoms with Crippen LogP contribution in [0, 0.1) is 0 Å². The van der Waals surface area contributed by atoms with Gasteiger partial charge in [0.1, 0.15) is 10.3 Å². The van der Waals surface area contributed by atoms with E-state index >= 15 is 0 Å². The molecule has 98 valence electrons. The molecule has 2 amide bonds. The Kier molecular flexibility index (Phi) is 4.14. The van der Waals surface area contributed by atoms with E-state index in [1.807, 2.05) is 0 Å². The minimum Gasteiger partial charge on any atom is -0.426 e. The van der Waals surface area contributed by atoms with Gasteiger partial charge in [-0.3, -0.25) is 0 Å². The second-order valence-electron chi connectivity index (χ2n) is 4.21. The number of nitrogens with zero attached hydrogens (tertiary/aromatic N) is 2. The normalized spacial score (nSPS) is 15.7. The van der Waals surface area contributed by atoms with Gasteiger partial charge in [0.25, 0.3) is 0 Å². The Labute approximate surface area is 114 Å². The molecule has 0 aliphatic heterocycles. The lowest BCUT2D eigenvalue weighted by atomic mass is 10.3. The molecule has 1 heterocycles. The summed E-state index contributed by atoms with van der Waals surface area (Å²) < 4.78 is 0.608. The first-order valence-electron chi connectivity index (χ1n) is 5.69. The van der Waals surface area contributed by atoms with Crippen LogP contribution < -0.4 is 10.7 Å². The summed E-state index contributed by atoms with van der Waals surface area (Å²) in [6, 6.07) is 2.52. The maximum Gasteiger partial charge on any atom is 0.341 e. The van der Waals surface area contributed by atoms with Crippen molar-refractivity contribution in [3.05, 3.63) is 27.8 Å². The second-order valence-corrected chi connectivity index (χ2v) is 4.99. The Bertz CT molecular complexity index is 495. The van der Waals surface area contributed by atoms with Crippen LogP contribution in [0.1, 0.15) is 25.7 Å². The van der Waals surface area contributed by atoms with Crippen LogP contribution >= 0.6 is 23.2 Å². The third-order valence-electron chi connectivity index (χ3n) is 2.85. The van der Waals surface area contributed by atoms with Gasteiger partial charge in [0, 0.05) is 18.2 Å². The van der Waals surface area contributed by atoms with Crippen LogP contribution in [0.2, 0.25) is 10.3 Å². The fraction of sp³-hybridized carbons (Fsp3) is 0.455. The predicted octanol–water partition coefficient (Wildman–Crippen LogP) is 2.59. The van der Waals surface area contributed by atoms with Crippen LogP contribution in [0.4, 0.5) is 4.79 Å². The molecule has 2 rings (SSSR count). The van der Waals surface area contributed by atoms with Crippen molar-refractivity contribution in [1.29, 1.82) is 0 Å². The summed E-state index contributed by atoms with van der Waals surface area (Å²) in [5.74, 6) is 0. The van der Waals surface area contributed by atoms with Gasteiger partial charge in [0.15, 0.2) is 0 Å². The maximum atomic E-state index is 11.6. The van der Waals surface area contributed by atoms with Crippen molar-refractivity contribution < 1.29 is 10.0 Å². The Morgan fingerprint density at radius 3 is 2.44 bits per heavy atom. The minimum absolute atomic E-state index is 0.00471. The number of hydrogen-bond acceptors (Lipinski definition) is 2. The molecule has 0 atom stereocenters. The molecular weight excluding hydrogens is 277 g/mol. The maximum absolute atomic E-state index is 11.6. The van der Waals surface area contributed by atoms with E-state index in [1.54, 1.807) is 0 Å². The lowest BCUT2D eigenvalue weighted by molar-refractivity contribution is 0.185. The van der Waals surface area contributed by atoms with Crippen LogP contribution in [0.3, 0.4) is 0 Å². The Hall–Kier alpha value is -1.20. The highest BCUT2D eigenvalue weighted by Gasteiger charge is 2.16. The van der Waals surface area contributed by atoms with Gasteiger partial charge in [-0.2, -0.15) is 9.72 Å². The topological polar surface area (TPSA) is 66.6 Å². The Balaban J connectivity index is 2.14. The quantitative estimate of drug-likeness (QED) is 0.616. The molecule has 0 unspecified atom stereocenters. The number of carbonyl (C=O) groups is 1.